The van der Waals surface area contributed by atoms with Crippen molar-refractivity contribution in [3.8, 4) is 5.75 Å². The Bertz CT molecular complexity index is 1010. The number of benzene rings is 1. The molecular formula is C17H15FN2O3S. The number of carbonyl (C=O) groups is 1. The number of hydrogen-bond donors (Lipinski definition) is 2. The Balaban J connectivity index is 2.09. The zero-order valence-electron chi connectivity index (χ0n) is 13.1. The summed E-state index contributed by atoms with van der Waals surface area (Å²) in [5.74, 6) is -1.57. The molecule has 3 aromatic rings. The number of fused-ring (bicyclic) bond motifs is 1. The van der Waals surface area contributed by atoms with Crippen LogP contribution in [0.5, 0.6) is 5.75 Å². The normalized spacial score (nSPS) is 11.0. The fraction of sp³-hybridized carbons (Fsp3) is 0.176. The number of hydrogen-bond acceptors (Lipinski definition) is 4. The lowest BCUT2D eigenvalue weighted by Gasteiger charge is -2.11. The van der Waals surface area contributed by atoms with Crippen molar-refractivity contribution in [1.29, 1.82) is 0 Å². The molecule has 2 heterocycles. The highest BCUT2D eigenvalue weighted by Crippen LogP contribution is 2.31. The Morgan fingerprint density at radius 1 is 1.38 bits per heavy atom. The summed E-state index contributed by atoms with van der Waals surface area (Å²) in [4.78, 5) is 25.0. The molecule has 3 rings (SSSR count). The number of nitrogens with one attached hydrogen (secondary N) is 1. The molecule has 0 aliphatic heterocycles. The van der Waals surface area contributed by atoms with Crippen LogP contribution in [-0.4, -0.2) is 15.6 Å². The van der Waals surface area contributed by atoms with Gasteiger partial charge in [0.05, 0.1) is 10.2 Å². The van der Waals surface area contributed by atoms with Crippen molar-refractivity contribution in [2.24, 2.45) is 0 Å². The van der Waals surface area contributed by atoms with Crippen molar-refractivity contribution < 1.29 is 14.3 Å². The lowest BCUT2D eigenvalue weighted by Crippen LogP contribution is -2.29. The maximum atomic E-state index is 13.6. The summed E-state index contributed by atoms with van der Waals surface area (Å²) in [5, 5.41) is 14.6. The van der Waals surface area contributed by atoms with E-state index in [4.69, 9.17) is 0 Å². The van der Waals surface area contributed by atoms with Gasteiger partial charge in [0.15, 0.2) is 5.75 Å². The molecule has 0 saturated heterocycles. The van der Waals surface area contributed by atoms with Crippen molar-refractivity contribution in [2.75, 3.05) is 5.32 Å². The minimum atomic E-state index is -0.766. The summed E-state index contributed by atoms with van der Waals surface area (Å²) in [5.41, 5.74) is 0.335. The summed E-state index contributed by atoms with van der Waals surface area (Å²) in [6.45, 7) is 3.76. The second kappa shape index (κ2) is 6.09. The number of aryl methyl sites for hydroxylation is 2. The van der Waals surface area contributed by atoms with E-state index in [1.165, 1.54) is 34.1 Å². The lowest BCUT2D eigenvalue weighted by atomic mass is 10.2. The number of amides is 1. The largest absolute Gasteiger partial charge is 0.505 e. The van der Waals surface area contributed by atoms with Crippen LogP contribution in [0.4, 0.5) is 10.1 Å². The van der Waals surface area contributed by atoms with Crippen molar-refractivity contribution in [1.82, 2.24) is 4.57 Å². The highest BCUT2D eigenvalue weighted by Gasteiger charge is 2.22. The first-order valence-corrected chi connectivity index (χ1v) is 8.22. The van der Waals surface area contributed by atoms with E-state index in [0.717, 1.165) is 0 Å². The highest BCUT2D eigenvalue weighted by molar-refractivity contribution is 7.17. The molecule has 1 aromatic carbocycles. The zero-order valence-corrected chi connectivity index (χ0v) is 13.9. The van der Waals surface area contributed by atoms with Gasteiger partial charge in [-0.15, -0.1) is 11.3 Å². The van der Waals surface area contributed by atoms with E-state index < -0.39 is 17.3 Å². The SMILES string of the molecule is CCn1c(=O)c(C(=O)Nc2ccc(C)c(F)c2)c(O)c2sccc21. The minimum Gasteiger partial charge on any atom is -0.505 e. The topological polar surface area (TPSA) is 71.3 Å². The molecule has 2 N–H and O–H groups in total. The number of thiophene rings is 1. The Labute approximate surface area is 141 Å². The summed E-state index contributed by atoms with van der Waals surface area (Å²) in [6, 6.07) is 5.96. The van der Waals surface area contributed by atoms with E-state index in [0.29, 0.717) is 22.3 Å². The van der Waals surface area contributed by atoms with Crippen LogP contribution in [-0.2, 0) is 6.54 Å². The van der Waals surface area contributed by atoms with Crippen LogP contribution in [0, 0.1) is 12.7 Å². The third kappa shape index (κ3) is 2.56. The van der Waals surface area contributed by atoms with Gasteiger partial charge < -0.3 is 15.0 Å². The molecule has 0 bridgehead atoms. The number of anilines is 1. The highest BCUT2D eigenvalue weighted by atomic mass is 32.1. The molecule has 5 nitrogen and oxygen atoms in total. The summed E-state index contributed by atoms with van der Waals surface area (Å²) in [7, 11) is 0. The lowest BCUT2D eigenvalue weighted by molar-refractivity contribution is 0.102. The van der Waals surface area contributed by atoms with Crippen molar-refractivity contribution in [3.05, 3.63) is 56.9 Å². The van der Waals surface area contributed by atoms with Crippen LogP contribution >= 0.6 is 11.3 Å². The fourth-order valence-electron chi connectivity index (χ4n) is 2.53. The molecule has 0 aliphatic carbocycles. The van der Waals surface area contributed by atoms with Crippen LogP contribution in [0.3, 0.4) is 0 Å². The maximum absolute atomic E-state index is 13.6. The molecular weight excluding hydrogens is 331 g/mol. The first-order chi connectivity index (χ1) is 11.4. The Morgan fingerprint density at radius 3 is 2.79 bits per heavy atom. The molecule has 0 atom stereocenters. The van der Waals surface area contributed by atoms with Gasteiger partial charge in [0, 0.05) is 12.2 Å². The smallest absolute Gasteiger partial charge is 0.267 e. The van der Waals surface area contributed by atoms with Crippen molar-refractivity contribution >= 4 is 33.1 Å². The third-order valence-corrected chi connectivity index (χ3v) is 4.73. The monoisotopic (exact) mass is 346 g/mol. The van der Waals surface area contributed by atoms with Gasteiger partial charge in [0.2, 0.25) is 0 Å². The standard InChI is InChI=1S/C17H15FN2O3S/c1-3-20-12-6-7-24-15(12)14(21)13(17(20)23)16(22)19-10-5-4-9(2)11(18)8-10/h4-8,21H,3H2,1-2H3,(H,19,22). The number of nitrogens with zero attached hydrogens (tertiary/aromatic N) is 1. The summed E-state index contributed by atoms with van der Waals surface area (Å²) >= 11 is 1.24. The molecule has 0 aliphatic rings. The number of halogens is 1. The Kier molecular flexibility index (Phi) is 4.11. The fourth-order valence-corrected chi connectivity index (χ4v) is 3.38. The van der Waals surface area contributed by atoms with Gasteiger partial charge in [-0.2, -0.15) is 0 Å². The third-order valence-electron chi connectivity index (χ3n) is 3.82. The van der Waals surface area contributed by atoms with Gasteiger partial charge in [0.25, 0.3) is 11.5 Å². The van der Waals surface area contributed by atoms with E-state index in [9.17, 15) is 19.1 Å². The molecule has 24 heavy (non-hydrogen) atoms. The van der Waals surface area contributed by atoms with Gasteiger partial charge in [-0.05, 0) is 43.0 Å². The first kappa shape index (κ1) is 16.2. The van der Waals surface area contributed by atoms with Crippen molar-refractivity contribution in [3.63, 3.8) is 0 Å². The summed E-state index contributed by atoms with van der Waals surface area (Å²) in [6.07, 6.45) is 0. The molecule has 124 valence electrons. The molecule has 1 amide bonds. The van der Waals surface area contributed by atoms with E-state index in [1.807, 2.05) is 0 Å². The molecule has 0 unspecified atom stereocenters. The van der Waals surface area contributed by atoms with Gasteiger partial charge in [0.1, 0.15) is 11.4 Å². The molecule has 2 aromatic heterocycles. The number of aromatic hydroxyl groups is 1. The van der Waals surface area contributed by atoms with Gasteiger partial charge >= 0.3 is 0 Å². The van der Waals surface area contributed by atoms with Crippen LogP contribution in [0.2, 0.25) is 0 Å². The Hall–Kier alpha value is -2.67. The van der Waals surface area contributed by atoms with Crippen LogP contribution in [0.1, 0.15) is 22.8 Å². The molecule has 0 fully saturated rings. The first-order valence-electron chi connectivity index (χ1n) is 7.34. The molecule has 0 spiro atoms. The van der Waals surface area contributed by atoms with Gasteiger partial charge in [-0.1, -0.05) is 6.07 Å². The number of rotatable bonds is 3. The number of carbonyl (C=O) groups excluding carboxylic acids is 1. The predicted molar refractivity (Wildman–Crippen MR) is 92.5 cm³/mol. The minimum absolute atomic E-state index is 0.219. The average molecular weight is 346 g/mol. The number of aromatic nitrogens is 1. The second-order valence-corrected chi connectivity index (χ2v) is 6.24. The van der Waals surface area contributed by atoms with Crippen LogP contribution in [0.15, 0.2) is 34.4 Å². The van der Waals surface area contributed by atoms with Crippen LogP contribution in [0.25, 0.3) is 10.2 Å². The van der Waals surface area contributed by atoms with E-state index in [2.05, 4.69) is 5.32 Å². The Morgan fingerprint density at radius 2 is 2.12 bits per heavy atom. The van der Waals surface area contributed by atoms with Gasteiger partial charge in [-0.25, -0.2) is 4.39 Å². The molecule has 7 heteroatoms. The predicted octanol–water partition coefficient (Wildman–Crippen LogP) is 3.49. The van der Waals surface area contributed by atoms with E-state index >= 15 is 0 Å². The van der Waals surface area contributed by atoms with Gasteiger partial charge in [-0.3, -0.25) is 9.59 Å². The number of pyridine rings is 1. The summed E-state index contributed by atoms with van der Waals surface area (Å²) < 4.78 is 15.5. The zero-order chi connectivity index (χ0) is 17.4. The average Bonchev–Trinajstić information content (AvgIpc) is 3.01. The quantitative estimate of drug-likeness (QED) is 0.763. The molecule has 0 radical (unpaired) electrons. The van der Waals surface area contributed by atoms with E-state index in [1.54, 1.807) is 25.3 Å². The van der Waals surface area contributed by atoms with E-state index in [-0.39, 0.29) is 17.0 Å². The second-order valence-electron chi connectivity index (χ2n) is 5.33. The molecule has 0 saturated carbocycles. The maximum Gasteiger partial charge on any atom is 0.267 e. The van der Waals surface area contributed by atoms with Crippen molar-refractivity contribution in [2.45, 2.75) is 20.4 Å². The van der Waals surface area contributed by atoms with Crippen LogP contribution < -0.4 is 10.9 Å².